The summed E-state index contributed by atoms with van der Waals surface area (Å²) in [7, 11) is 7.87. The molecule has 4 aromatic carbocycles. The highest BCUT2D eigenvalue weighted by molar-refractivity contribution is 6.34. The van der Waals surface area contributed by atoms with E-state index in [1.54, 1.807) is 12.1 Å². The number of hydrogen-bond acceptors (Lipinski definition) is 2. The van der Waals surface area contributed by atoms with Crippen LogP contribution < -0.4 is 9.80 Å². The molecule has 0 heterocycles. The molecule has 0 aliphatic rings. The van der Waals surface area contributed by atoms with Gasteiger partial charge in [-0.3, -0.25) is 0 Å². The maximum absolute atomic E-state index is 13.7. The summed E-state index contributed by atoms with van der Waals surface area (Å²) < 4.78 is 13.7. The van der Waals surface area contributed by atoms with Gasteiger partial charge in [0.15, 0.2) is 0 Å². The standard InChI is InChI=1S/C32H29Cl2FN2/c1-36(2)31-18-12-24(20-29(31)33)28(25-13-19-32(37(3)4)30(34)21-25)17-16-27(22-8-6-5-7-9-22)23-10-14-26(35)15-11-23/h5-21H,1-4H3. The maximum Gasteiger partial charge on any atom is 0.123 e. The molecule has 5 heteroatoms. The lowest BCUT2D eigenvalue weighted by Gasteiger charge is -2.18. The predicted molar refractivity (Wildman–Crippen MR) is 159 cm³/mol. The molecule has 0 spiro atoms. The molecule has 0 N–H and O–H groups in total. The number of benzene rings is 4. The first-order chi connectivity index (χ1) is 17.7. The fourth-order valence-corrected chi connectivity index (χ4v) is 4.91. The number of nitrogens with zero attached hydrogens (tertiary/aromatic N) is 2. The largest absolute Gasteiger partial charge is 0.376 e. The van der Waals surface area contributed by atoms with Crippen molar-refractivity contribution < 1.29 is 4.39 Å². The van der Waals surface area contributed by atoms with Crippen LogP contribution in [-0.2, 0) is 0 Å². The average molecular weight is 532 g/mol. The van der Waals surface area contributed by atoms with Crippen LogP contribution in [0.3, 0.4) is 0 Å². The summed E-state index contributed by atoms with van der Waals surface area (Å²) in [5.41, 5.74) is 7.71. The molecule has 0 amide bonds. The number of rotatable bonds is 7. The van der Waals surface area contributed by atoms with E-state index < -0.39 is 0 Å². The molecule has 0 atom stereocenters. The highest BCUT2D eigenvalue weighted by Gasteiger charge is 2.13. The van der Waals surface area contributed by atoms with Gasteiger partial charge >= 0.3 is 0 Å². The summed E-state index contributed by atoms with van der Waals surface area (Å²) in [6.45, 7) is 0. The fourth-order valence-electron chi connectivity index (χ4n) is 4.21. The van der Waals surface area contributed by atoms with Gasteiger partial charge in [-0.1, -0.05) is 90.0 Å². The molecule has 0 saturated heterocycles. The zero-order valence-electron chi connectivity index (χ0n) is 21.3. The van der Waals surface area contributed by atoms with E-state index in [1.165, 1.54) is 12.1 Å². The van der Waals surface area contributed by atoms with Crippen molar-refractivity contribution in [3.8, 4) is 0 Å². The van der Waals surface area contributed by atoms with Gasteiger partial charge in [0.25, 0.3) is 0 Å². The van der Waals surface area contributed by atoms with Crippen molar-refractivity contribution in [2.24, 2.45) is 0 Å². The Balaban J connectivity index is 1.92. The summed E-state index contributed by atoms with van der Waals surface area (Å²) in [6.07, 6.45) is 4.15. The molecule has 0 bridgehead atoms. The van der Waals surface area contributed by atoms with Gasteiger partial charge in [-0.2, -0.15) is 0 Å². The Bertz CT molecular complexity index is 1380. The van der Waals surface area contributed by atoms with Gasteiger partial charge in [-0.05, 0) is 69.8 Å². The van der Waals surface area contributed by atoms with Crippen LogP contribution in [0.1, 0.15) is 22.3 Å². The smallest absolute Gasteiger partial charge is 0.123 e. The summed E-state index contributed by atoms with van der Waals surface area (Å²) in [5.74, 6) is -0.265. The van der Waals surface area contributed by atoms with E-state index in [-0.39, 0.29) is 5.82 Å². The lowest BCUT2D eigenvalue weighted by molar-refractivity contribution is 0.627. The summed E-state index contributed by atoms with van der Waals surface area (Å²) >= 11 is 13.3. The Morgan fingerprint density at radius 2 is 0.973 bits per heavy atom. The third kappa shape index (κ3) is 6.25. The van der Waals surface area contributed by atoms with Crippen molar-refractivity contribution in [1.29, 1.82) is 0 Å². The van der Waals surface area contributed by atoms with Crippen LogP contribution in [0.15, 0.2) is 103 Å². The molecule has 0 radical (unpaired) electrons. The Morgan fingerprint density at radius 3 is 1.41 bits per heavy atom. The van der Waals surface area contributed by atoms with Crippen LogP contribution in [0.4, 0.5) is 15.8 Å². The van der Waals surface area contributed by atoms with Crippen molar-refractivity contribution in [1.82, 2.24) is 0 Å². The number of anilines is 2. The topological polar surface area (TPSA) is 6.48 Å². The van der Waals surface area contributed by atoms with E-state index in [9.17, 15) is 4.39 Å². The van der Waals surface area contributed by atoms with Crippen molar-refractivity contribution >= 4 is 45.7 Å². The molecule has 0 saturated carbocycles. The summed E-state index contributed by atoms with van der Waals surface area (Å²) in [4.78, 5) is 3.97. The zero-order valence-corrected chi connectivity index (χ0v) is 22.9. The quantitative estimate of drug-likeness (QED) is 0.220. The Morgan fingerprint density at radius 1 is 0.568 bits per heavy atom. The van der Waals surface area contributed by atoms with Gasteiger partial charge in [0.05, 0.1) is 21.4 Å². The van der Waals surface area contributed by atoms with Crippen molar-refractivity contribution in [3.63, 3.8) is 0 Å². The van der Waals surface area contributed by atoms with Gasteiger partial charge in [-0.15, -0.1) is 0 Å². The second-order valence-electron chi connectivity index (χ2n) is 9.15. The first kappa shape index (κ1) is 26.5. The number of allylic oxidation sites excluding steroid dienone is 2. The second kappa shape index (κ2) is 11.7. The van der Waals surface area contributed by atoms with Crippen LogP contribution in [-0.4, -0.2) is 28.2 Å². The molecular weight excluding hydrogens is 502 g/mol. The highest BCUT2D eigenvalue weighted by atomic mass is 35.5. The molecule has 4 rings (SSSR count). The second-order valence-corrected chi connectivity index (χ2v) is 9.97. The van der Waals surface area contributed by atoms with E-state index >= 15 is 0 Å². The first-order valence-corrected chi connectivity index (χ1v) is 12.7. The van der Waals surface area contributed by atoms with Crippen LogP contribution in [0.2, 0.25) is 10.0 Å². The zero-order chi connectivity index (χ0) is 26.5. The Kier molecular flexibility index (Phi) is 8.38. The highest BCUT2D eigenvalue weighted by Crippen LogP contribution is 2.35. The minimum Gasteiger partial charge on any atom is -0.376 e. The van der Waals surface area contributed by atoms with Crippen molar-refractivity contribution in [3.05, 3.63) is 141 Å². The van der Waals surface area contributed by atoms with Gasteiger partial charge in [0.1, 0.15) is 5.82 Å². The summed E-state index contributed by atoms with van der Waals surface area (Å²) in [5, 5.41) is 1.32. The average Bonchev–Trinajstić information content (AvgIpc) is 2.87. The molecule has 2 nitrogen and oxygen atoms in total. The maximum atomic E-state index is 13.7. The van der Waals surface area contributed by atoms with E-state index in [0.29, 0.717) is 10.0 Å². The number of halogens is 3. The molecule has 37 heavy (non-hydrogen) atoms. The molecular formula is C32H29Cl2FN2. The van der Waals surface area contributed by atoms with Crippen molar-refractivity contribution in [2.75, 3.05) is 38.0 Å². The third-order valence-corrected chi connectivity index (χ3v) is 6.74. The van der Waals surface area contributed by atoms with E-state index in [0.717, 1.165) is 44.8 Å². The molecule has 4 aromatic rings. The molecule has 0 unspecified atom stereocenters. The molecule has 188 valence electrons. The molecule has 0 aromatic heterocycles. The summed E-state index contributed by atoms with van der Waals surface area (Å²) in [6, 6.07) is 28.8. The van der Waals surface area contributed by atoms with E-state index in [2.05, 4.69) is 24.3 Å². The van der Waals surface area contributed by atoms with Gasteiger partial charge in [-0.25, -0.2) is 4.39 Å². The van der Waals surface area contributed by atoms with Crippen LogP contribution in [0.25, 0.3) is 11.1 Å². The van der Waals surface area contributed by atoms with E-state index in [4.69, 9.17) is 23.2 Å². The number of hydrogen-bond donors (Lipinski definition) is 0. The SMILES string of the molecule is CN(C)c1ccc(C(=CC=C(c2ccccc2)c2ccc(F)cc2)c2ccc(N(C)C)c(Cl)c2)cc1Cl. The van der Waals surface area contributed by atoms with Crippen molar-refractivity contribution in [2.45, 2.75) is 0 Å². The van der Waals surface area contributed by atoms with Crippen LogP contribution in [0.5, 0.6) is 0 Å². The third-order valence-electron chi connectivity index (χ3n) is 6.14. The van der Waals surface area contributed by atoms with Crippen LogP contribution in [0, 0.1) is 5.82 Å². The van der Waals surface area contributed by atoms with Crippen LogP contribution >= 0.6 is 23.2 Å². The Hall–Kier alpha value is -3.53. The molecule has 0 aliphatic heterocycles. The lowest BCUT2D eigenvalue weighted by atomic mass is 9.93. The normalized spacial score (nSPS) is 11.3. The monoisotopic (exact) mass is 530 g/mol. The molecule has 0 aliphatic carbocycles. The lowest BCUT2D eigenvalue weighted by Crippen LogP contribution is -2.09. The fraction of sp³-hybridized carbons (Fsp3) is 0.125. The van der Waals surface area contributed by atoms with Gasteiger partial charge < -0.3 is 9.80 Å². The predicted octanol–water partition coefficient (Wildman–Crippen LogP) is 8.83. The first-order valence-electron chi connectivity index (χ1n) is 11.9. The minimum absolute atomic E-state index is 0.265. The molecule has 0 fully saturated rings. The van der Waals surface area contributed by atoms with Gasteiger partial charge in [0.2, 0.25) is 0 Å². The van der Waals surface area contributed by atoms with Gasteiger partial charge in [0, 0.05) is 28.2 Å². The Labute approximate surface area is 228 Å². The minimum atomic E-state index is -0.265. The van der Waals surface area contributed by atoms with E-state index in [1.807, 2.05) is 92.6 Å².